The Morgan fingerprint density at radius 3 is 2.54 bits per heavy atom. The lowest BCUT2D eigenvalue weighted by Crippen LogP contribution is -2.32. The molecule has 1 aliphatic heterocycles. The van der Waals surface area contributed by atoms with E-state index in [-0.39, 0.29) is 17.2 Å². The van der Waals surface area contributed by atoms with E-state index in [1.54, 1.807) is 11.8 Å². The standard InChI is InChI=1S/C20H22N2O3S/c1-15(23)21-14-26-20-12-11-19(24)22(20)13-16-7-9-18(10-8-16)25-17-5-3-2-4-6-17/h2-10,20H,11-14H2,1H3,(H,21,23). The van der Waals surface area contributed by atoms with Crippen molar-refractivity contribution in [2.45, 2.75) is 31.7 Å². The number of likely N-dealkylation sites (tertiary alicyclic amines) is 1. The van der Waals surface area contributed by atoms with Gasteiger partial charge in [0, 0.05) is 19.9 Å². The predicted octanol–water partition coefficient (Wildman–Crippen LogP) is 3.75. The molecule has 0 spiro atoms. The molecule has 2 aromatic carbocycles. The van der Waals surface area contributed by atoms with E-state index in [1.807, 2.05) is 59.5 Å². The maximum atomic E-state index is 12.2. The van der Waals surface area contributed by atoms with E-state index in [0.29, 0.717) is 18.8 Å². The Labute approximate surface area is 157 Å². The Morgan fingerprint density at radius 2 is 1.85 bits per heavy atom. The maximum Gasteiger partial charge on any atom is 0.223 e. The number of benzene rings is 2. The number of nitrogens with one attached hydrogen (secondary N) is 1. The zero-order chi connectivity index (χ0) is 18.4. The molecule has 0 aromatic heterocycles. The van der Waals surface area contributed by atoms with Gasteiger partial charge < -0.3 is 15.0 Å². The van der Waals surface area contributed by atoms with Crippen molar-refractivity contribution in [1.82, 2.24) is 10.2 Å². The van der Waals surface area contributed by atoms with E-state index in [2.05, 4.69) is 5.32 Å². The average Bonchev–Trinajstić information content (AvgIpc) is 2.97. The number of para-hydroxylation sites is 1. The molecule has 1 saturated heterocycles. The number of hydrogen-bond donors (Lipinski definition) is 1. The van der Waals surface area contributed by atoms with Gasteiger partial charge in [-0.15, -0.1) is 11.8 Å². The number of thioether (sulfide) groups is 1. The summed E-state index contributed by atoms with van der Waals surface area (Å²) in [4.78, 5) is 25.1. The van der Waals surface area contributed by atoms with E-state index in [9.17, 15) is 9.59 Å². The monoisotopic (exact) mass is 370 g/mol. The third kappa shape index (κ3) is 5.02. The normalized spacial score (nSPS) is 16.6. The summed E-state index contributed by atoms with van der Waals surface area (Å²) in [6.07, 6.45) is 1.38. The van der Waals surface area contributed by atoms with Gasteiger partial charge in [-0.3, -0.25) is 9.59 Å². The molecule has 0 saturated carbocycles. The lowest BCUT2D eigenvalue weighted by atomic mass is 10.2. The summed E-state index contributed by atoms with van der Waals surface area (Å²) in [5.41, 5.74) is 1.06. The van der Waals surface area contributed by atoms with E-state index < -0.39 is 0 Å². The van der Waals surface area contributed by atoms with Crippen LogP contribution in [0.4, 0.5) is 0 Å². The van der Waals surface area contributed by atoms with Gasteiger partial charge in [0.15, 0.2) is 0 Å². The van der Waals surface area contributed by atoms with Crippen LogP contribution >= 0.6 is 11.8 Å². The van der Waals surface area contributed by atoms with Gasteiger partial charge in [-0.2, -0.15) is 0 Å². The van der Waals surface area contributed by atoms with Gasteiger partial charge in [-0.1, -0.05) is 30.3 Å². The highest BCUT2D eigenvalue weighted by molar-refractivity contribution is 7.99. The van der Waals surface area contributed by atoms with Crippen LogP contribution in [0.5, 0.6) is 11.5 Å². The van der Waals surface area contributed by atoms with Crippen LogP contribution in [0.25, 0.3) is 0 Å². The Hall–Kier alpha value is -2.47. The molecule has 0 bridgehead atoms. The Bertz CT molecular complexity index is 749. The van der Waals surface area contributed by atoms with Crippen molar-refractivity contribution in [1.29, 1.82) is 0 Å². The first-order chi connectivity index (χ1) is 12.6. The second-order valence-electron chi connectivity index (χ2n) is 6.12. The van der Waals surface area contributed by atoms with E-state index in [1.165, 1.54) is 6.92 Å². The summed E-state index contributed by atoms with van der Waals surface area (Å²) < 4.78 is 5.80. The van der Waals surface area contributed by atoms with Crippen LogP contribution in [0.2, 0.25) is 0 Å². The summed E-state index contributed by atoms with van der Waals surface area (Å²) in [5.74, 6) is 2.19. The molecular formula is C20H22N2O3S. The van der Waals surface area contributed by atoms with Gasteiger partial charge in [0.2, 0.25) is 11.8 Å². The van der Waals surface area contributed by atoms with Crippen LogP contribution in [-0.4, -0.2) is 28.0 Å². The molecule has 6 heteroatoms. The number of carbonyl (C=O) groups excluding carboxylic acids is 2. The highest BCUT2D eigenvalue weighted by atomic mass is 32.2. The van der Waals surface area contributed by atoms with Crippen molar-refractivity contribution in [3.05, 3.63) is 60.2 Å². The third-order valence-electron chi connectivity index (χ3n) is 4.13. The fourth-order valence-electron chi connectivity index (χ4n) is 2.79. The van der Waals surface area contributed by atoms with Crippen LogP contribution in [0.15, 0.2) is 54.6 Å². The average molecular weight is 370 g/mol. The number of amides is 2. The minimum absolute atomic E-state index is 0.0534. The van der Waals surface area contributed by atoms with E-state index >= 15 is 0 Å². The third-order valence-corrected chi connectivity index (χ3v) is 5.31. The predicted molar refractivity (Wildman–Crippen MR) is 103 cm³/mol. The van der Waals surface area contributed by atoms with Crippen LogP contribution in [0.1, 0.15) is 25.3 Å². The Morgan fingerprint density at radius 1 is 1.15 bits per heavy atom. The number of hydrogen-bond acceptors (Lipinski definition) is 4. The van der Waals surface area contributed by atoms with Crippen molar-refractivity contribution >= 4 is 23.6 Å². The molecule has 2 amide bonds. The molecule has 2 aromatic rings. The second-order valence-corrected chi connectivity index (χ2v) is 7.28. The minimum atomic E-state index is -0.0534. The summed E-state index contributed by atoms with van der Waals surface area (Å²) in [5, 5.41) is 2.88. The quantitative estimate of drug-likeness (QED) is 0.754. The van der Waals surface area contributed by atoms with Crippen LogP contribution < -0.4 is 10.1 Å². The van der Waals surface area contributed by atoms with Crippen molar-refractivity contribution in [2.75, 3.05) is 5.88 Å². The number of nitrogens with zero attached hydrogens (tertiary/aromatic N) is 1. The van der Waals surface area contributed by atoms with Gasteiger partial charge in [0.1, 0.15) is 11.5 Å². The van der Waals surface area contributed by atoms with Crippen molar-refractivity contribution in [2.24, 2.45) is 0 Å². The van der Waals surface area contributed by atoms with E-state index in [4.69, 9.17) is 4.74 Å². The summed E-state index contributed by atoms with van der Waals surface area (Å²) in [7, 11) is 0. The Balaban J connectivity index is 1.58. The topological polar surface area (TPSA) is 58.6 Å². The first kappa shape index (κ1) is 18.3. The molecule has 1 aliphatic rings. The zero-order valence-corrected chi connectivity index (χ0v) is 15.5. The molecule has 1 N–H and O–H groups in total. The Kier molecular flexibility index (Phi) is 6.17. The molecule has 1 atom stereocenters. The highest BCUT2D eigenvalue weighted by Crippen LogP contribution is 2.30. The van der Waals surface area contributed by atoms with E-state index in [0.717, 1.165) is 23.5 Å². The lowest BCUT2D eigenvalue weighted by Gasteiger charge is -2.24. The fourth-order valence-corrected chi connectivity index (χ4v) is 3.93. The SMILES string of the molecule is CC(=O)NCSC1CCC(=O)N1Cc1ccc(Oc2ccccc2)cc1. The molecular weight excluding hydrogens is 348 g/mol. The molecule has 1 heterocycles. The number of rotatable bonds is 7. The number of ether oxygens (including phenoxy) is 1. The molecule has 26 heavy (non-hydrogen) atoms. The second kappa shape index (κ2) is 8.76. The van der Waals surface area contributed by atoms with Crippen LogP contribution in [-0.2, 0) is 16.1 Å². The molecule has 0 radical (unpaired) electrons. The molecule has 0 aliphatic carbocycles. The van der Waals surface area contributed by atoms with Gasteiger partial charge in [0.25, 0.3) is 0 Å². The number of carbonyl (C=O) groups is 2. The van der Waals surface area contributed by atoms with Gasteiger partial charge >= 0.3 is 0 Å². The summed E-state index contributed by atoms with van der Waals surface area (Å²) in [6.45, 7) is 2.07. The van der Waals surface area contributed by atoms with Crippen LogP contribution in [0.3, 0.4) is 0 Å². The summed E-state index contributed by atoms with van der Waals surface area (Å²) >= 11 is 1.60. The van der Waals surface area contributed by atoms with Gasteiger partial charge in [-0.05, 0) is 36.2 Å². The minimum Gasteiger partial charge on any atom is -0.457 e. The molecule has 3 rings (SSSR count). The summed E-state index contributed by atoms with van der Waals surface area (Å²) in [6, 6.07) is 17.4. The molecule has 1 unspecified atom stereocenters. The molecule has 136 valence electrons. The largest absolute Gasteiger partial charge is 0.457 e. The van der Waals surface area contributed by atoms with Crippen molar-refractivity contribution in [3.63, 3.8) is 0 Å². The molecule has 1 fully saturated rings. The van der Waals surface area contributed by atoms with Crippen molar-refractivity contribution < 1.29 is 14.3 Å². The zero-order valence-electron chi connectivity index (χ0n) is 14.7. The smallest absolute Gasteiger partial charge is 0.223 e. The molecule has 5 nitrogen and oxygen atoms in total. The first-order valence-electron chi connectivity index (χ1n) is 8.59. The lowest BCUT2D eigenvalue weighted by molar-refractivity contribution is -0.128. The van der Waals surface area contributed by atoms with Crippen LogP contribution in [0, 0.1) is 0 Å². The first-order valence-corrected chi connectivity index (χ1v) is 9.64. The fraction of sp³-hybridized carbons (Fsp3) is 0.300. The van der Waals surface area contributed by atoms with Gasteiger partial charge in [0.05, 0.1) is 11.3 Å². The van der Waals surface area contributed by atoms with Gasteiger partial charge in [-0.25, -0.2) is 0 Å². The van der Waals surface area contributed by atoms with Crippen molar-refractivity contribution in [3.8, 4) is 11.5 Å². The highest BCUT2D eigenvalue weighted by Gasteiger charge is 2.31. The maximum absolute atomic E-state index is 12.2.